The van der Waals surface area contributed by atoms with Gasteiger partial charge in [-0.15, -0.1) is 0 Å². The average Bonchev–Trinajstić information content (AvgIpc) is 1.68. The molecule has 0 saturated heterocycles. The molecule has 0 saturated carbocycles. The first-order chi connectivity index (χ1) is 3.31. The maximum Gasteiger partial charge on any atom is 0.124 e. The van der Waals surface area contributed by atoms with Gasteiger partial charge < -0.3 is 0 Å². The molecule has 0 N–H and O–H groups in total. The van der Waals surface area contributed by atoms with Crippen LogP contribution in [0.3, 0.4) is 0 Å². The highest BCUT2D eigenvalue weighted by atomic mass is 19.1. The molecule has 0 fully saturated rings. The molecule has 0 aromatic carbocycles. The largest absolute Gasteiger partial charge is 0.246 e. The molecule has 0 rings (SSSR count). The van der Waals surface area contributed by atoms with Crippen LogP contribution in [0, 0.1) is 0 Å². The summed E-state index contributed by atoms with van der Waals surface area (Å²) in [7, 11) is 0. The fourth-order valence-corrected chi connectivity index (χ4v) is 0.122. The van der Waals surface area contributed by atoms with Gasteiger partial charge in [-0.25, -0.2) is 9.18 Å². The van der Waals surface area contributed by atoms with E-state index in [9.17, 15) is 9.18 Å². The Kier molecular flexibility index (Phi) is 2.90. The maximum absolute atomic E-state index is 11.3. The van der Waals surface area contributed by atoms with Gasteiger partial charge in [0.2, 0.25) is 0 Å². The molecule has 0 aromatic rings. The maximum atomic E-state index is 11.3. The molecule has 0 aliphatic rings. The van der Waals surface area contributed by atoms with Crippen LogP contribution in [0.15, 0.2) is 18.2 Å². The van der Waals surface area contributed by atoms with Crippen molar-refractivity contribution in [1.29, 1.82) is 0 Å². The van der Waals surface area contributed by atoms with E-state index in [0.29, 0.717) is 0 Å². The Balaban J connectivity index is 3.58. The molecule has 0 unspecified atom stereocenters. The number of alkyl halides is 1. The molecule has 0 atom stereocenters. The van der Waals surface area contributed by atoms with Gasteiger partial charge in [-0.1, -0.05) is 6.58 Å². The third kappa shape index (κ3) is 2.94. The van der Waals surface area contributed by atoms with Crippen LogP contribution in [-0.2, 0) is 4.79 Å². The van der Waals surface area contributed by atoms with Gasteiger partial charge >= 0.3 is 0 Å². The summed E-state index contributed by atoms with van der Waals surface area (Å²) in [5.41, 5.74) is 0.162. The Morgan fingerprint density at radius 1 is 2.00 bits per heavy atom. The van der Waals surface area contributed by atoms with E-state index in [-0.39, 0.29) is 5.57 Å². The second-order valence-corrected chi connectivity index (χ2v) is 1.05. The SMILES string of the molecule is C=C(C=C=O)CF. The van der Waals surface area contributed by atoms with Crippen LogP contribution >= 0.6 is 0 Å². The van der Waals surface area contributed by atoms with E-state index in [1.165, 1.54) is 5.94 Å². The van der Waals surface area contributed by atoms with Gasteiger partial charge in [0, 0.05) is 6.08 Å². The quantitative estimate of drug-likeness (QED) is 0.372. The number of hydrogen-bond acceptors (Lipinski definition) is 1. The minimum absolute atomic E-state index is 0.162. The van der Waals surface area contributed by atoms with Crippen molar-refractivity contribution in [2.45, 2.75) is 0 Å². The lowest BCUT2D eigenvalue weighted by Crippen LogP contribution is -1.73. The van der Waals surface area contributed by atoms with E-state index in [0.717, 1.165) is 6.08 Å². The van der Waals surface area contributed by atoms with E-state index in [1.807, 2.05) is 0 Å². The fourth-order valence-electron chi connectivity index (χ4n) is 0.122. The molecule has 0 aliphatic carbocycles. The lowest BCUT2D eigenvalue weighted by molar-refractivity contribution is 0.548. The van der Waals surface area contributed by atoms with Crippen molar-refractivity contribution in [2.24, 2.45) is 0 Å². The Hall–Kier alpha value is -0.880. The van der Waals surface area contributed by atoms with Gasteiger partial charge in [-0.2, -0.15) is 0 Å². The molecular weight excluding hydrogens is 95.1 g/mol. The second-order valence-electron chi connectivity index (χ2n) is 1.05. The summed E-state index contributed by atoms with van der Waals surface area (Å²) in [6, 6.07) is 0. The topological polar surface area (TPSA) is 17.1 Å². The first-order valence-corrected chi connectivity index (χ1v) is 1.76. The monoisotopic (exact) mass is 100 g/mol. The fraction of sp³-hybridized carbons (Fsp3) is 0.200. The van der Waals surface area contributed by atoms with Crippen molar-refractivity contribution in [2.75, 3.05) is 6.67 Å². The zero-order chi connectivity index (χ0) is 5.70. The Labute approximate surface area is 41.1 Å². The van der Waals surface area contributed by atoms with Crippen LogP contribution in [0.4, 0.5) is 4.39 Å². The van der Waals surface area contributed by atoms with Gasteiger partial charge in [-0.3, -0.25) is 0 Å². The molecule has 1 nitrogen and oxygen atoms in total. The summed E-state index contributed by atoms with van der Waals surface area (Å²) in [4.78, 5) is 9.37. The molecule has 0 heterocycles. The van der Waals surface area contributed by atoms with Crippen molar-refractivity contribution in [3.8, 4) is 0 Å². The number of halogens is 1. The first-order valence-electron chi connectivity index (χ1n) is 1.76. The van der Waals surface area contributed by atoms with Crippen molar-refractivity contribution in [3.63, 3.8) is 0 Å². The van der Waals surface area contributed by atoms with Crippen LogP contribution < -0.4 is 0 Å². The molecular formula is C5H5FO. The van der Waals surface area contributed by atoms with Gasteiger partial charge in [0.25, 0.3) is 0 Å². The van der Waals surface area contributed by atoms with E-state index >= 15 is 0 Å². The van der Waals surface area contributed by atoms with E-state index < -0.39 is 6.67 Å². The summed E-state index contributed by atoms with van der Waals surface area (Å²) in [5, 5.41) is 0. The predicted octanol–water partition coefficient (Wildman–Crippen LogP) is 0.900. The molecule has 0 radical (unpaired) electrons. The normalized spacial score (nSPS) is 7.00. The molecule has 0 aromatic heterocycles. The van der Waals surface area contributed by atoms with Crippen molar-refractivity contribution >= 4 is 5.94 Å². The zero-order valence-corrected chi connectivity index (χ0v) is 3.78. The van der Waals surface area contributed by atoms with Crippen LogP contribution in [0.5, 0.6) is 0 Å². The van der Waals surface area contributed by atoms with Crippen LogP contribution in [0.2, 0.25) is 0 Å². The number of allylic oxidation sites excluding steroid dienone is 2. The standard InChI is InChI=1S/C5H5FO/c1-5(4-6)2-3-7/h2H,1,4H2. The zero-order valence-electron chi connectivity index (χ0n) is 3.78. The highest BCUT2D eigenvalue weighted by Crippen LogP contribution is 1.87. The van der Waals surface area contributed by atoms with Crippen LogP contribution in [0.25, 0.3) is 0 Å². The third-order valence-corrected chi connectivity index (χ3v) is 0.435. The summed E-state index contributed by atoms with van der Waals surface area (Å²) < 4.78 is 11.3. The molecule has 7 heavy (non-hydrogen) atoms. The van der Waals surface area contributed by atoms with Crippen LogP contribution in [-0.4, -0.2) is 12.6 Å². The third-order valence-electron chi connectivity index (χ3n) is 0.435. The van der Waals surface area contributed by atoms with Crippen molar-refractivity contribution in [1.82, 2.24) is 0 Å². The molecule has 0 spiro atoms. The van der Waals surface area contributed by atoms with Crippen LogP contribution in [0.1, 0.15) is 0 Å². The lowest BCUT2D eigenvalue weighted by Gasteiger charge is -1.78. The van der Waals surface area contributed by atoms with E-state index in [4.69, 9.17) is 0 Å². The lowest BCUT2D eigenvalue weighted by atomic mass is 10.3. The van der Waals surface area contributed by atoms with E-state index in [2.05, 4.69) is 6.58 Å². The summed E-state index contributed by atoms with van der Waals surface area (Å²) in [6.45, 7) is 2.50. The van der Waals surface area contributed by atoms with Gasteiger partial charge in [0.05, 0.1) is 0 Å². The smallest absolute Gasteiger partial charge is 0.124 e. The highest BCUT2D eigenvalue weighted by Gasteiger charge is 1.80. The first kappa shape index (κ1) is 6.12. The Bertz CT molecular complexity index is 111. The van der Waals surface area contributed by atoms with Gasteiger partial charge in [0.15, 0.2) is 0 Å². The number of rotatable bonds is 2. The second kappa shape index (κ2) is 3.32. The van der Waals surface area contributed by atoms with Crippen molar-refractivity contribution < 1.29 is 9.18 Å². The predicted molar refractivity (Wildman–Crippen MR) is 25.4 cm³/mol. The van der Waals surface area contributed by atoms with Gasteiger partial charge in [-0.05, 0) is 5.57 Å². The Morgan fingerprint density at radius 3 is 2.71 bits per heavy atom. The minimum Gasteiger partial charge on any atom is -0.246 e. The molecule has 0 amide bonds. The summed E-state index contributed by atoms with van der Waals surface area (Å²) >= 11 is 0. The summed E-state index contributed by atoms with van der Waals surface area (Å²) in [6.07, 6.45) is 0.972. The summed E-state index contributed by atoms with van der Waals surface area (Å²) in [5.74, 6) is 1.40. The highest BCUT2D eigenvalue weighted by molar-refractivity contribution is 5.51. The average molecular weight is 100 g/mol. The Morgan fingerprint density at radius 2 is 2.57 bits per heavy atom. The molecule has 0 aliphatic heterocycles. The molecule has 0 bridgehead atoms. The molecule has 2 heteroatoms. The van der Waals surface area contributed by atoms with Crippen molar-refractivity contribution in [3.05, 3.63) is 18.2 Å². The molecule has 38 valence electrons. The van der Waals surface area contributed by atoms with E-state index in [1.54, 1.807) is 0 Å². The minimum atomic E-state index is -0.671. The number of hydrogen-bond donors (Lipinski definition) is 0. The number of carbonyl (C=O) groups excluding carboxylic acids is 1. The van der Waals surface area contributed by atoms with Gasteiger partial charge in [0.1, 0.15) is 12.6 Å².